The van der Waals surface area contributed by atoms with Gasteiger partial charge in [-0.15, -0.1) is 11.6 Å². The Hall–Kier alpha value is -1.55. The number of nitrogens with one attached hydrogen (secondary N) is 1. The highest BCUT2D eigenvalue weighted by Gasteiger charge is 2.26. The van der Waals surface area contributed by atoms with Crippen molar-refractivity contribution in [3.05, 3.63) is 35.4 Å². The van der Waals surface area contributed by atoms with Gasteiger partial charge in [0.05, 0.1) is 0 Å². The molecule has 0 heterocycles. The molecule has 0 aliphatic heterocycles. The molecule has 4 nitrogen and oxygen atoms in total. The van der Waals surface area contributed by atoms with Crippen LogP contribution in [0.5, 0.6) is 0 Å². The van der Waals surface area contributed by atoms with E-state index in [-0.39, 0.29) is 0 Å². The summed E-state index contributed by atoms with van der Waals surface area (Å²) in [4.78, 5) is 24.4. The topological polar surface area (TPSA) is 55.4 Å². The quantitative estimate of drug-likeness (QED) is 0.587. The Morgan fingerprint density at radius 3 is 2.23 bits per heavy atom. The molecule has 1 aliphatic carbocycles. The molecule has 2 unspecified atom stereocenters. The minimum Gasteiger partial charge on any atom is -0.458 e. The summed E-state index contributed by atoms with van der Waals surface area (Å²) >= 11 is 6.31. The molecule has 5 heteroatoms. The molecule has 2 rings (SSSR count). The van der Waals surface area contributed by atoms with E-state index in [9.17, 15) is 9.59 Å². The Morgan fingerprint density at radius 1 is 1.12 bits per heavy atom. The molecule has 1 N–H and O–H groups in total. The molecule has 0 saturated heterocycles. The fourth-order valence-corrected chi connectivity index (χ4v) is 3.47. The van der Waals surface area contributed by atoms with Gasteiger partial charge in [-0.05, 0) is 57.6 Å². The fraction of sp³-hybridized carbons (Fsp3) is 0.619. The molecule has 144 valence electrons. The third-order valence-electron chi connectivity index (χ3n) is 4.65. The van der Waals surface area contributed by atoms with Crippen molar-refractivity contribution in [3.8, 4) is 0 Å². The molecule has 1 aromatic rings. The molecular weight excluding hydrogens is 350 g/mol. The number of alkyl halides is 1. The van der Waals surface area contributed by atoms with Crippen molar-refractivity contribution in [1.82, 2.24) is 5.32 Å². The molecule has 26 heavy (non-hydrogen) atoms. The standard InChI is InChI=1S/C21H30ClNO3/c1-14(20(25)26-21(2,3)4)23-19(24)18(22)17-12-10-16(11-13-17)15-8-6-5-7-9-15/h10-15,18H,5-9H2,1-4H3,(H,23,24). The number of rotatable bonds is 5. The summed E-state index contributed by atoms with van der Waals surface area (Å²) in [5, 5.41) is 1.80. The van der Waals surface area contributed by atoms with Crippen molar-refractivity contribution >= 4 is 23.5 Å². The van der Waals surface area contributed by atoms with Gasteiger partial charge in [-0.25, -0.2) is 4.79 Å². The lowest BCUT2D eigenvalue weighted by Crippen LogP contribution is -2.43. The molecule has 1 aromatic carbocycles. The summed E-state index contributed by atoms with van der Waals surface area (Å²) in [5.41, 5.74) is 1.46. The second-order valence-electron chi connectivity index (χ2n) is 8.13. The fourth-order valence-electron chi connectivity index (χ4n) is 3.26. The average molecular weight is 380 g/mol. The first-order chi connectivity index (χ1) is 12.2. The van der Waals surface area contributed by atoms with Crippen LogP contribution >= 0.6 is 11.6 Å². The van der Waals surface area contributed by atoms with Gasteiger partial charge in [0, 0.05) is 0 Å². The largest absolute Gasteiger partial charge is 0.458 e. The summed E-state index contributed by atoms with van der Waals surface area (Å²) < 4.78 is 5.27. The Bertz CT molecular complexity index is 615. The number of hydrogen-bond donors (Lipinski definition) is 1. The molecule has 1 fully saturated rings. The molecular formula is C21H30ClNO3. The maximum Gasteiger partial charge on any atom is 0.328 e. The minimum absolute atomic E-state index is 0.393. The van der Waals surface area contributed by atoms with Gasteiger partial charge in [-0.3, -0.25) is 4.79 Å². The molecule has 1 aliphatic rings. The Balaban J connectivity index is 1.93. The number of esters is 1. The summed E-state index contributed by atoms with van der Waals surface area (Å²) in [6, 6.07) is 7.24. The summed E-state index contributed by atoms with van der Waals surface area (Å²) in [6.07, 6.45) is 6.37. The summed E-state index contributed by atoms with van der Waals surface area (Å²) in [6.45, 7) is 6.97. The van der Waals surface area contributed by atoms with E-state index >= 15 is 0 Å². The van der Waals surface area contributed by atoms with E-state index in [1.165, 1.54) is 37.7 Å². The SMILES string of the molecule is CC(NC(=O)C(Cl)c1ccc(C2CCCCC2)cc1)C(=O)OC(C)(C)C. The van der Waals surface area contributed by atoms with E-state index in [2.05, 4.69) is 17.4 Å². The highest BCUT2D eigenvalue weighted by Crippen LogP contribution is 2.33. The minimum atomic E-state index is -0.833. The van der Waals surface area contributed by atoms with Crippen LogP contribution in [0.2, 0.25) is 0 Å². The van der Waals surface area contributed by atoms with Crippen LogP contribution < -0.4 is 5.32 Å². The number of amides is 1. The lowest BCUT2D eigenvalue weighted by atomic mass is 9.84. The van der Waals surface area contributed by atoms with Crippen LogP contribution in [0.15, 0.2) is 24.3 Å². The first kappa shape index (κ1) is 20.8. The average Bonchev–Trinajstić information content (AvgIpc) is 2.60. The molecule has 2 atom stereocenters. The monoisotopic (exact) mass is 379 g/mol. The van der Waals surface area contributed by atoms with E-state index < -0.39 is 28.9 Å². The van der Waals surface area contributed by atoms with Crippen molar-refractivity contribution < 1.29 is 14.3 Å². The molecule has 0 aromatic heterocycles. The Kier molecular flexibility index (Phi) is 7.10. The number of hydrogen-bond acceptors (Lipinski definition) is 3. The van der Waals surface area contributed by atoms with Gasteiger partial charge in [-0.1, -0.05) is 43.5 Å². The second-order valence-corrected chi connectivity index (χ2v) is 8.56. The number of carbonyl (C=O) groups excluding carboxylic acids is 2. The van der Waals surface area contributed by atoms with Crippen LogP contribution in [-0.4, -0.2) is 23.5 Å². The number of carbonyl (C=O) groups is 2. The van der Waals surface area contributed by atoms with E-state index in [4.69, 9.17) is 16.3 Å². The molecule has 1 amide bonds. The predicted octanol–water partition coefficient (Wildman–Crippen LogP) is 4.86. The first-order valence-corrected chi connectivity index (χ1v) is 9.88. The highest BCUT2D eigenvalue weighted by atomic mass is 35.5. The van der Waals surface area contributed by atoms with Crippen LogP contribution in [-0.2, 0) is 14.3 Å². The number of benzene rings is 1. The number of halogens is 1. The van der Waals surface area contributed by atoms with E-state index in [1.54, 1.807) is 27.7 Å². The van der Waals surface area contributed by atoms with Crippen molar-refractivity contribution in [2.24, 2.45) is 0 Å². The maximum atomic E-state index is 12.4. The van der Waals surface area contributed by atoms with Crippen LogP contribution in [0.1, 0.15) is 82.2 Å². The predicted molar refractivity (Wildman–Crippen MR) is 104 cm³/mol. The van der Waals surface area contributed by atoms with Crippen LogP contribution in [0.25, 0.3) is 0 Å². The van der Waals surface area contributed by atoms with Gasteiger partial charge in [0.1, 0.15) is 17.0 Å². The molecule has 0 radical (unpaired) electrons. The first-order valence-electron chi connectivity index (χ1n) is 9.44. The van der Waals surface area contributed by atoms with Crippen molar-refractivity contribution in [3.63, 3.8) is 0 Å². The third-order valence-corrected chi connectivity index (χ3v) is 5.11. The van der Waals surface area contributed by atoms with Crippen LogP contribution in [0, 0.1) is 0 Å². The van der Waals surface area contributed by atoms with Gasteiger partial charge in [-0.2, -0.15) is 0 Å². The van der Waals surface area contributed by atoms with Gasteiger partial charge in [0.2, 0.25) is 5.91 Å². The van der Waals surface area contributed by atoms with Gasteiger partial charge in [0.15, 0.2) is 0 Å². The Morgan fingerprint density at radius 2 is 1.69 bits per heavy atom. The summed E-state index contributed by atoms with van der Waals surface area (Å²) in [5.74, 6) is -0.245. The summed E-state index contributed by atoms with van der Waals surface area (Å²) in [7, 11) is 0. The Labute approximate surface area is 161 Å². The van der Waals surface area contributed by atoms with Gasteiger partial charge >= 0.3 is 5.97 Å². The van der Waals surface area contributed by atoms with Crippen molar-refractivity contribution in [2.75, 3.05) is 0 Å². The zero-order chi connectivity index (χ0) is 19.3. The smallest absolute Gasteiger partial charge is 0.328 e. The van der Waals surface area contributed by atoms with Crippen LogP contribution in [0.3, 0.4) is 0 Å². The zero-order valence-electron chi connectivity index (χ0n) is 16.2. The molecule has 0 spiro atoms. The molecule has 0 bridgehead atoms. The normalized spacial score (nSPS) is 18.0. The van der Waals surface area contributed by atoms with Gasteiger partial charge < -0.3 is 10.1 Å². The van der Waals surface area contributed by atoms with E-state index in [1.807, 2.05) is 12.1 Å². The third kappa shape index (κ3) is 6.01. The second kappa shape index (κ2) is 8.90. The zero-order valence-corrected chi connectivity index (χ0v) is 16.9. The lowest BCUT2D eigenvalue weighted by Gasteiger charge is -2.23. The van der Waals surface area contributed by atoms with Crippen molar-refractivity contribution in [1.29, 1.82) is 0 Å². The van der Waals surface area contributed by atoms with E-state index in [0.717, 1.165) is 5.56 Å². The van der Waals surface area contributed by atoms with E-state index in [0.29, 0.717) is 5.92 Å². The maximum absolute atomic E-state index is 12.4. The van der Waals surface area contributed by atoms with Crippen molar-refractivity contribution in [2.45, 2.75) is 82.7 Å². The number of ether oxygens (including phenoxy) is 1. The highest BCUT2D eigenvalue weighted by molar-refractivity contribution is 6.30. The lowest BCUT2D eigenvalue weighted by molar-refractivity contribution is -0.158. The van der Waals surface area contributed by atoms with Crippen LogP contribution in [0.4, 0.5) is 0 Å². The molecule has 1 saturated carbocycles. The van der Waals surface area contributed by atoms with Gasteiger partial charge in [0.25, 0.3) is 0 Å².